The van der Waals surface area contributed by atoms with Gasteiger partial charge in [-0.15, -0.1) is 0 Å². The number of rotatable bonds is 5. The van der Waals surface area contributed by atoms with Crippen LogP contribution in [0.15, 0.2) is 62.6 Å². The summed E-state index contributed by atoms with van der Waals surface area (Å²) in [6.07, 6.45) is 0. The average Bonchev–Trinajstić information content (AvgIpc) is 3.13. The molecule has 1 unspecified atom stereocenters. The van der Waals surface area contributed by atoms with E-state index < -0.39 is 21.8 Å². The molecule has 0 saturated carbocycles. The zero-order chi connectivity index (χ0) is 23.0. The van der Waals surface area contributed by atoms with Crippen LogP contribution >= 0.6 is 0 Å². The summed E-state index contributed by atoms with van der Waals surface area (Å²) >= 11 is 0. The number of nitrogens with zero attached hydrogens (tertiary/aromatic N) is 3. The number of benzene rings is 2. The molecule has 0 radical (unpaired) electrons. The molecule has 0 bridgehead atoms. The molecular formula is C23H27N3O5S. The molecule has 2 heterocycles. The van der Waals surface area contributed by atoms with Crippen molar-refractivity contribution >= 4 is 27.0 Å². The molecule has 3 aromatic rings. The predicted octanol–water partition coefficient (Wildman–Crippen LogP) is 2.81. The average molecular weight is 458 g/mol. The highest BCUT2D eigenvalue weighted by Gasteiger charge is 2.33. The molecule has 1 atom stereocenters. The molecule has 32 heavy (non-hydrogen) atoms. The van der Waals surface area contributed by atoms with Crippen molar-refractivity contribution in [1.29, 1.82) is 0 Å². The van der Waals surface area contributed by atoms with Crippen molar-refractivity contribution < 1.29 is 17.6 Å². The van der Waals surface area contributed by atoms with Gasteiger partial charge in [0.1, 0.15) is 6.04 Å². The Morgan fingerprint density at radius 2 is 1.56 bits per heavy atom. The fourth-order valence-electron chi connectivity index (χ4n) is 4.05. The largest absolute Gasteiger partial charge is 0.420 e. The first-order valence-electron chi connectivity index (χ1n) is 10.7. The van der Waals surface area contributed by atoms with Crippen LogP contribution in [-0.4, -0.2) is 54.3 Å². The molecule has 8 nitrogen and oxygen atoms in total. The highest BCUT2D eigenvalue weighted by atomic mass is 32.2. The summed E-state index contributed by atoms with van der Waals surface area (Å²) in [6, 6.07) is 13.2. The molecule has 2 aromatic carbocycles. The van der Waals surface area contributed by atoms with E-state index in [0.717, 1.165) is 5.56 Å². The quantitative estimate of drug-likeness (QED) is 0.587. The molecular weight excluding hydrogens is 430 g/mol. The minimum atomic E-state index is -3.63. The van der Waals surface area contributed by atoms with E-state index in [9.17, 15) is 18.0 Å². The molecule has 1 saturated heterocycles. The van der Waals surface area contributed by atoms with Gasteiger partial charge < -0.3 is 9.32 Å². The zero-order valence-corrected chi connectivity index (χ0v) is 19.2. The molecule has 9 heteroatoms. The van der Waals surface area contributed by atoms with Crippen LogP contribution in [0.5, 0.6) is 0 Å². The fraction of sp³-hybridized carbons (Fsp3) is 0.391. The highest BCUT2D eigenvalue weighted by molar-refractivity contribution is 7.89. The summed E-state index contributed by atoms with van der Waals surface area (Å²) in [5, 5.41) is 0. The fourth-order valence-corrected chi connectivity index (χ4v) is 5.47. The monoisotopic (exact) mass is 457 g/mol. The molecule has 4 rings (SSSR count). The number of para-hydroxylation sites is 2. The second kappa shape index (κ2) is 8.55. The highest BCUT2D eigenvalue weighted by Crippen LogP contribution is 2.23. The predicted molar refractivity (Wildman–Crippen MR) is 121 cm³/mol. The third-order valence-electron chi connectivity index (χ3n) is 6.00. The van der Waals surface area contributed by atoms with E-state index in [1.54, 1.807) is 48.2 Å². The first-order valence-corrected chi connectivity index (χ1v) is 12.1. The Morgan fingerprint density at radius 3 is 2.19 bits per heavy atom. The summed E-state index contributed by atoms with van der Waals surface area (Å²) in [7, 11) is -3.63. The maximum absolute atomic E-state index is 13.1. The van der Waals surface area contributed by atoms with Crippen LogP contribution < -0.4 is 5.76 Å². The number of aromatic nitrogens is 1. The van der Waals surface area contributed by atoms with Crippen LogP contribution in [0.1, 0.15) is 38.3 Å². The van der Waals surface area contributed by atoms with Gasteiger partial charge in [-0.05, 0) is 42.7 Å². The van der Waals surface area contributed by atoms with Crippen molar-refractivity contribution in [2.24, 2.45) is 0 Å². The maximum atomic E-state index is 13.1. The van der Waals surface area contributed by atoms with Crippen LogP contribution in [0.4, 0.5) is 0 Å². The van der Waals surface area contributed by atoms with Crippen LogP contribution in [0.3, 0.4) is 0 Å². The third-order valence-corrected chi connectivity index (χ3v) is 7.91. The smallest absolute Gasteiger partial charge is 0.408 e. The van der Waals surface area contributed by atoms with Gasteiger partial charge >= 0.3 is 5.76 Å². The summed E-state index contributed by atoms with van der Waals surface area (Å²) in [5.74, 6) is -0.502. The number of fused-ring (bicyclic) bond motifs is 1. The number of hydrogen-bond acceptors (Lipinski definition) is 5. The summed E-state index contributed by atoms with van der Waals surface area (Å²) in [4.78, 5) is 27.2. The molecule has 0 N–H and O–H groups in total. The van der Waals surface area contributed by atoms with Gasteiger partial charge in [0.05, 0.1) is 10.4 Å². The van der Waals surface area contributed by atoms with Crippen molar-refractivity contribution in [3.63, 3.8) is 0 Å². The van der Waals surface area contributed by atoms with Gasteiger partial charge in [-0.3, -0.25) is 9.36 Å². The summed E-state index contributed by atoms with van der Waals surface area (Å²) < 4.78 is 34.0. The Balaban J connectivity index is 1.46. The number of piperazine rings is 1. The number of hydrogen-bond donors (Lipinski definition) is 0. The van der Waals surface area contributed by atoms with E-state index in [4.69, 9.17) is 4.42 Å². The first kappa shape index (κ1) is 22.3. The van der Waals surface area contributed by atoms with Crippen LogP contribution in [0, 0.1) is 0 Å². The lowest BCUT2D eigenvalue weighted by atomic mass is 10.0. The lowest BCUT2D eigenvalue weighted by Gasteiger charge is -2.35. The first-order chi connectivity index (χ1) is 15.2. The second-order valence-electron chi connectivity index (χ2n) is 8.33. The van der Waals surface area contributed by atoms with E-state index >= 15 is 0 Å². The Kier molecular flexibility index (Phi) is 5.96. The maximum Gasteiger partial charge on any atom is 0.420 e. The molecule has 1 aromatic heterocycles. The Bertz CT molecular complexity index is 1280. The molecule has 1 amide bonds. The number of sulfonamides is 1. The van der Waals surface area contributed by atoms with E-state index in [-0.39, 0.29) is 37.0 Å². The van der Waals surface area contributed by atoms with E-state index in [2.05, 4.69) is 13.8 Å². The lowest BCUT2D eigenvalue weighted by Crippen LogP contribution is -2.52. The molecule has 0 aliphatic carbocycles. The Hall–Kier alpha value is -2.91. The van der Waals surface area contributed by atoms with Crippen molar-refractivity contribution in [3.8, 4) is 0 Å². The number of carbonyl (C=O) groups is 1. The van der Waals surface area contributed by atoms with Crippen molar-refractivity contribution in [1.82, 2.24) is 13.8 Å². The van der Waals surface area contributed by atoms with Gasteiger partial charge in [-0.1, -0.05) is 38.1 Å². The van der Waals surface area contributed by atoms with Gasteiger partial charge in [0, 0.05) is 26.2 Å². The molecule has 1 fully saturated rings. The molecule has 170 valence electrons. The Morgan fingerprint density at radius 1 is 0.938 bits per heavy atom. The minimum Gasteiger partial charge on any atom is -0.408 e. The van der Waals surface area contributed by atoms with Crippen LogP contribution in [0.2, 0.25) is 0 Å². The van der Waals surface area contributed by atoms with Gasteiger partial charge in [-0.25, -0.2) is 13.2 Å². The molecule has 1 aliphatic rings. The SMILES string of the molecule is CC(C)c1ccc(S(=O)(=O)N2CCN(C(=O)C(C)n3c(=O)oc4ccccc43)CC2)cc1. The van der Waals surface area contributed by atoms with Crippen molar-refractivity contribution in [2.75, 3.05) is 26.2 Å². The van der Waals surface area contributed by atoms with Gasteiger partial charge in [0.15, 0.2) is 5.58 Å². The Labute approximate surface area is 187 Å². The lowest BCUT2D eigenvalue weighted by molar-refractivity contribution is -0.135. The number of amides is 1. The summed E-state index contributed by atoms with van der Waals surface area (Å²) in [5.41, 5.74) is 2.07. The van der Waals surface area contributed by atoms with Crippen LogP contribution in [-0.2, 0) is 14.8 Å². The molecule has 1 aliphatic heterocycles. The van der Waals surface area contributed by atoms with E-state index in [1.165, 1.54) is 8.87 Å². The normalized spacial score (nSPS) is 16.6. The minimum absolute atomic E-state index is 0.202. The number of oxazole rings is 1. The zero-order valence-electron chi connectivity index (χ0n) is 18.4. The summed E-state index contributed by atoms with van der Waals surface area (Å²) in [6.45, 7) is 6.70. The molecule has 0 spiro atoms. The van der Waals surface area contributed by atoms with Gasteiger partial charge in [0.25, 0.3) is 0 Å². The van der Waals surface area contributed by atoms with E-state index in [1.807, 2.05) is 12.1 Å². The van der Waals surface area contributed by atoms with Crippen LogP contribution in [0.25, 0.3) is 11.1 Å². The number of carbonyl (C=O) groups excluding carboxylic acids is 1. The van der Waals surface area contributed by atoms with Gasteiger partial charge in [0.2, 0.25) is 15.9 Å². The van der Waals surface area contributed by atoms with E-state index in [0.29, 0.717) is 17.0 Å². The topological polar surface area (TPSA) is 92.8 Å². The van der Waals surface area contributed by atoms with Gasteiger partial charge in [-0.2, -0.15) is 4.31 Å². The van der Waals surface area contributed by atoms with Crippen molar-refractivity contribution in [2.45, 2.75) is 37.6 Å². The third kappa shape index (κ3) is 3.98. The van der Waals surface area contributed by atoms with Crippen molar-refractivity contribution in [3.05, 3.63) is 64.6 Å². The second-order valence-corrected chi connectivity index (χ2v) is 10.3. The standard InChI is InChI=1S/C23H27N3O5S/c1-16(2)18-8-10-19(11-9-18)32(29,30)25-14-12-24(13-15-25)22(27)17(3)26-20-6-4-5-7-21(20)31-23(26)28/h4-11,16-17H,12-15H2,1-3H3.